The van der Waals surface area contributed by atoms with Crippen molar-refractivity contribution in [3.63, 3.8) is 0 Å². The number of aromatic amines is 1. The fourth-order valence-electron chi connectivity index (χ4n) is 1.74. The van der Waals surface area contributed by atoms with Crippen LogP contribution < -0.4 is 0 Å². The molecule has 0 amide bonds. The number of nitrogens with zero attached hydrogens (tertiary/aromatic N) is 1. The molecular weight excluding hydrogens is 224 g/mol. The molecule has 0 saturated carbocycles. The smallest absolute Gasteiger partial charge is 0.135 e. The molecule has 1 N–H and O–H groups in total. The van der Waals surface area contributed by atoms with Gasteiger partial charge in [0, 0.05) is 30.7 Å². The van der Waals surface area contributed by atoms with E-state index in [0.29, 0.717) is 17.9 Å². The second-order valence-electron chi connectivity index (χ2n) is 3.70. The lowest BCUT2D eigenvalue weighted by Gasteiger charge is -2.17. The van der Waals surface area contributed by atoms with Crippen LogP contribution in [-0.4, -0.2) is 29.8 Å². The number of nitrogens with one attached hydrogen (secondary N) is 1. The van der Waals surface area contributed by atoms with Gasteiger partial charge < -0.3 is 14.5 Å². The second-order valence-corrected chi connectivity index (χ2v) is 4.08. The molecule has 16 heavy (non-hydrogen) atoms. The Bertz CT molecular complexity index is 417. The molecule has 4 nitrogen and oxygen atoms in total. The summed E-state index contributed by atoms with van der Waals surface area (Å²) in [6.07, 6.45) is 1.68. The molecule has 0 radical (unpaired) electrons. The third-order valence-corrected chi connectivity index (χ3v) is 2.92. The summed E-state index contributed by atoms with van der Waals surface area (Å²) in [7, 11) is 0. The summed E-state index contributed by atoms with van der Waals surface area (Å²) in [5.74, 6) is 0.916. The Morgan fingerprint density at radius 2 is 2.44 bits per heavy atom. The molecule has 1 aliphatic rings. The van der Waals surface area contributed by atoms with Crippen molar-refractivity contribution in [3.8, 4) is 0 Å². The van der Waals surface area contributed by atoms with E-state index in [1.165, 1.54) is 5.69 Å². The number of fused-ring (bicyclic) bond motifs is 1. The van der Waals surface area contributed by atoms with Crippen LogP contribution in [0.25, 0.3) is 0 Å². The third kappa shape index (κ3) is 2.66. The predicted molar refractivity (Wildman–Crippen MR) is 63.0 cm³/mol. The number of aromatic nitrogens is 2. The number of H-pyrrole nitrogens is 1. The Morgan fingerprint density at radius 3 is 3.25 bits per heavy atom. The van der Waals surface area contributed by atoms with E-state index in [-0.39, 0.29) is 0 Å². The SMILES string of the molecule is CCOCCc1nc(=S)c2c([nH]1)CCOC2. The van der Waals surface area contributed by atoms with Crippen molar-refractivity contribution in [1.82, 2.24) is 9.97 Å². The first kappa shape index (κ1) is 11.7. The first-order valence-corrected chi connectivity index (χ1v) is 5.98. The highest BCUT2D eigenvalue weighted by Crippen LogP contribution is 2.15. The Kier molecular flexibility index (Phi) is 4.04. The van der Waals surface area contributed by atoms with Crippen molar-refractivity contribution in [2.75, 3.05) is 19.8 Å². The lowest BCUT2D eigenvalue weighted by Crippen LogP contribution is -2.15. The fourth-order valence-corrected chi connectivity index (χ4v) is 2.03. The minimum absolute atomic E-state index is 0.587. The van der Waals surface area contributed by atoms with Crippen molar-refractivity contribution < 1.29 is 9.47 Å². The predicted octanol–water partition coefficient (Wildman–Crippen LogP) is 1.79. The molecule has 0 unspecified atom stereocenters. The standard InChI is InChI=1S/C11H16N2O2S/c1-2-14-6-4-10-12-9-3-5-15-7-8(9)11(16)13-10/h2-7H2,1H3,(H,12,13,16). The van der Waals surface area contributed by atoms with Gasteiger partial charge in [-0.3, -0.25) is 0 Å². The zero-order chi connectivity index (χ0) is 11.4. The molecule has 0 aliphatic carbocycles. The summed E-state index contributed by atoms with van der Waals surface area (Å²) < 4.78 is 11.3. The highest BCUT2D eigenvalue weighted by atomic mass is 32.1. The van der Waals surface area contributed by atoms with Crippen LogP contribution in [0.3, 0.4) is 0 Å². The van der Waals surface area contributed by atoms with Gasteiger partial charge in [-0.05, 0) is 6.92 Å². The van der Waals surface area contributed by atoms with E-state index in [1.807, 2.05) is 6.92 Å². The molecule has 5 heteroatoms. The van der Waals surface area contributed by atoms with E-state index in [4.69, 9.17) is 21.7 Å². The van der Waals surface area contributed by atoms with Crippen LogP contribution in [0.2, 0.25) is 0 Å². The summed E-state index contributed by atoms with van der Waals surface area (Å²) in [4.78, 5) is 7.68. The normalized spacial score (nSPS) is 14.8. The zero-order valence-corrected chi connectivity index (χ0v) is 10.2. The molecule has 0 atom stereocenters. The maximum Gasteiger partial charge on any atom is 0.135 e. The highest BCUT2D eigenvalue weighted by Gasteiger charge is 2.13. The topological polar surface area (TPSA) is 47.1 Å². The molecule has 0 fully saturated rings. The van der Waals surface area contributed by atoms with Crippen LogP contribution in [-0.2, 0) is 28.9 Å². The largest absolute Gasteiger partial charge is 0.381 e. The van der Waals surface area contributed by atoms with Crippen molar-refractivity contribution in [2.24, 2.45) is 0 Å². The third-order valence-electron chi connectivity index (χ3n) is 2.58. The van der Waals surface area contributed by atoms with E-state index in [2.05, 4.69) is 9.97 Å². The van der Waals surface area contributed by atoms with Crippen LogP contribution >= 0.6 is 12.2 Å². The van der Waals surface area contributed by atoms with Gasteiger partial charge in [-0.15, -0.1) is 0 Å². The Labute approximate surface area is 100 Å². The van der Waals surface area contributed by atoms with E-state index in [1.54, 1.807) is 0 Å². The first-order chi connectivity index (χ1) is 7.81. The molecule has 1 aromatic rings. The quantitative estimate of drug-likeness (QED) is 0.644. The van der Waals surface area contributed by atoms with Gasteiger partial charge in [0.05, 0.1) is 19.8 Å². The Balaban J connectivity index is 2.15. The second kappa shape index (κ2) is 5.52. The Morgan fingerprint density at radius 1 is 1.56 bits per heavy atom. The van der Waals surface area contributed by atoms with Gasteiger partial charge in [0.2, 0.25) is 0 Å². The minimum atomic E-state index is 0.587. The number of hydrogen-bond acceptors (Lipinski definition) is 4. The molecule has 0 saturated heterocycles. The number of hydrogen-bond donors (Lipinski definition) is 1. The molecule has 2 rings (SSSR count). The lowest BCUT2D eigenvalue weighted by atomic mass is 10.1. The summed E-state index contributed by atoms with van der Waals surface area (Å²) in [5.41, 5.74) is 2.22. The van der Waals surface area contributed by atoms with Crippen LogP contribution in [0.5, 0.6) is 0 Å². The van der Waals surface area contributed by atoms with Crippen molar-refractivity contribution in [1.29, 1.82) is 0 Å². The van der Waals surface area contributed by atoms with Crippen molar-refractivity contribution in [2.45, 2.75) is 26.4 Å². The van der Waals surface area contributed by atoms with Gasteiger partial charge in [-0.1, -0.05) is 12.2 Å². The summed E-state index contributed by atoms with van der Waals surface area (Å²) >= 11 is 5.25. The molecular formula is C11H16N2O2S. The summed E-state index contributed by atoms with van der Waals surface area (Å²) in [6.45, 7) is 4.75. The van der Waals surface area contributed by atoms with E-state index >= 15 is 0 Å². The lowest BCUT2D eigenvalue weighted by molar-refractivity contribution is 0.108. The summed E-state index contributed by atoms with van der Waals surface area (Å²) in [6, 6.07) is 0. The molecule has 0 aromatic carbocycles. The zero-order valence-electron chi connectivity index (χ0n) is 9.41. The van der Waals surface area contributed by atoms with Gasteiger partial charge in [0.25, 0.3) is 0 Å². The molecule has 0 spiro atoms. The Hall–Kier alpha value is -0.780. The minimum Gasteiger partial charge on any atom is -0.381 e. The maximum atomic E-state index is 5.36. The van der Waals surface area contributed by atoms with Gasteiger partial charge in [0.15, 0.2) is 0 Å². The fraction of sp³-hybridized carbons (Fsp3) is 0.636. The molecule has 2 heterocycles. The van der Waals surface area contributed by atoms with Crippen LogP contribution in [0, 0.1) is 4.64 Å². The van der Waals surface area contributed by atoms with Crippen LogP contribution in [0.15, 0.2) is 0 Å². The van der Waals surface area contributed by atoms with Gasteiger partial charge in [-0.25, -0.2) is 4.98 Å². The molecule has 88 valence electrons. The number of rotatable bonds is 4. The molecule has 0 bridgehead atoms. The molecule has 1 aliphatic heterocycles. The average molecular weight is 240 g/mol. The van der Waals surface area contributed by atoms with E-state index < -0.39 is 0 Å². The maximum absolute atomic E-state index is 5.36. The van der Waals surface area contributed by atoms with Crippen LogP contribution in [0.4, 0.5) is 0 Å². The van der Waals surface area contributed by atoms with Gasteiger partial charge in [0.1, 0.15) is 10.5 Å². The van der Waals surface area contributed by atoms with Crippen molar-refractivity contribution in [3.05, 3.63) is 21.7 Å². The summed E-state index contributed by atoms with van der Waals surface area (Å²) in [5, 5.41) is 0. The average Bonchev–Trinajstić information content (AvgIpc) is 2.30. The van der Waals surface area contributed by atoms with Gasteiger partial charge >= 0.3 is 0 Å². The van der Waals surface area contributed by atoms with Crippen molar-refractivity contribution >= 4 is 12.2 Å². The van der Waals surface area contributed by atoms with Gasteiger partial charge in [-0.2, -0.15) is 0 Å². The highest BCUT2D eigenvalue weighted by molar-refractivity contribution is 7.71. The van der Waals surface area contributed by atoms with E-state index in [0.717, 1.165) is 37.4 Å². The van der Waals surface area contributed by atoms with Crippen LogP contribution in [0.1, 0.15) is 24.0 Å². The van der Waals surface area contributed by atoms with E-state index in [9.17, 15) is 0 Å². The monoisotopic (exact) mass is 240 g/mol. The molecule has 1 aromatic heterocycles. The first-order valence-electron chi connectivity index (χ1n) is 5.57. The number of ether oxygens (including phenoxy) is 2.